The van der Waals surface area contributed by atoms with E-state index in [1.807, 2.05) is 24.3 Å². The standard InChI is InChI=1S/C27H27ClN4O4/c28-19-7-3-1-5-16(19)18-9-15(18)10-22(34)21-11-27(14-33)12-23(27)32(21)24(35)13-31-20-8-4-2-6-17(20)25(30-31)26(29)36/h1-8,15,18,21,23,33H,9-14H2,(H2,29,36)/t15-,18+,21-,23+,27-/m0/s1. The first-order valence-electron chi connectivity index (χ1n) is 12.3. The summed E-state index contributed by atoms with van der Waals surface area (Å²) < 4.78 is 1.48. The van der Waals surface area contributed by atoms with E-state index >= 15 is 0 Å². The van der Waals surface area contributed by atoms with Gasteiger partial charge >= 0.3 is 0 Å². The van der Waals surface area contributed by atoms with Gasteiger partial charge in [-0.3, -0.25) is 19.1 Å². The smallest absolute Gasteiger partial charge is 0.269 e. The Hall–Kier alpha value is -3.23. The normalized spacial score (nSPS) is 28.2. The van der Waals surface area contributed by atoms with E-state index in [0.29, 0.717) is 30.2 Å². The van der Waals surface area contributed by atoms with Crippen LogP contribution >= 0.6 is 11.6 Å². The molecule has 1 aromatic heterocycles. The first kappa shape index (κ1) is 23.2. The molecular weight excluding hydrogens is 480 g/mol. The van der Waals surface area contributed by atoms with Crippen molar-refractivity contribution in [3.8, 4) is 0 Å². The molecule has 2 saturated carbocycles. The van der Waals surface area contributed by atoms with Gasteiger partial charge in [0.15, 0.2) is 11.5 Å². The number of hydrogen-bond acceptors (Lipinski definition) is 5. The average Bonchev–Trinajstić information content (AvgIpc) is 3.72. The van der Waals surface area contributed by atoms with Crippen molar-refractivity contribution in [1.29, 1.82) is 0 Å². The zero-order valence-corrected chi connectivity index (χ0v) is 20.4. The summed E-state index contributed by atoms with van der Waals surface area (Å²) in [5, 5.41) is 15.7. The molecule has 5 atom stereocenters. The van der Waals surface area contributed by atoms with E-state index < -0.39 is 17.4 Å². The predicted octanol–water partition coefficient (Wildman–Crippen LogP) is 2.90. The highest BCUT2D eigenvalue weighted by molar-refractivity contribution is 6.31. The minimum absolute atomic E-state index is 0.0334. The number of carbonyl (C=O) groups is 3. The van der Waals surface area contributed by atoms with Crippen molar-refractivity contribution < 1.29 is 19.5 Å². The molecule has 0 radical (unpaired) electrons. The molecule has 186 valence electrons. The van der Waals surface area contributed by atoms with Gasteiger partial charge in [-0.15, -0.1) is 0 Å². The Balaban J connectivity index is 1.21. The number of benzene rings is 2. The number of piperidine rings is 1. The molecule has 3 fully saturated rings. The van der Waals surface area contributed by atoms with Crippen LogP contribution < -0.4 is 5.73 Å². The van der Waals surface area contributed by atoms with Gasteiger partial charge in [-0.1, -0.05) is 48.0 Å². The molecule has 1 aliphatic heterocycles. The van der Waals surface area contributed by atoms with Crippen LogP contribution in [-0.4, -0.2) is 56.1 Å². The van der Waals surface area contributed by atoms with E-state index in [2.05, 4.69) is 5.10 Å². The van der Waals surface area contributed by atoms with Crippen molar-refractivity contribution in [3.63, 3.8) is 0 Å². The minimum Gasteiger partial charge on any atom is -0.396 e. The van der Waals surface area contributed by atoms with Gasteiger partial charge in [-0.2, -0.15) is 5.10 Å². The van der Waals surface area contributed by atoms with E-state index in [4.69, 9.17) is 17.3 Å². The molecule has 0 unspecified atom stereocenters. The Kier molecular flexibility index (Phi) is 5.42. The Morgan fingerprint density at radius 2 is 1.86 bits per heavy atom. The summed E-state index contributed by atoms with van der Waals surface area (Å²) in [5.41, 5.74) is 6.92. The molecule has 36 heavy (non-hydrogen) atoms. The molecule has 3 aliphatic rings. The van der Waals surface area contributed by atoms with Crippen LogP contribution in [0.4, 0.5) is 0 Å². The number of Topliss-reactive ketones (excluding diaryl/α,β-unsaturated/α-hetero) is 1. The Morgan fingerprint density at radius 3 is 2.61 bits per heavy atom. The fourth-order valence-corrected chi connectivity index (χ4v) is 6.43. The predicted molar refractivity (Wildman–Crippen MR) is 133 cm³/mol. The molecular formula is C27H27ClN4O4. The van der Waals surface area contributed by atoms with Crippen LogP contribution in [-0.2, 0) is 16.1 Å². The van der Waals surface area contributed by atoms with Gasteiger partial charge < -0.3 is 15.7 Å². The van der Waals surface area contributed by atoms with Crippen LogP contribution in [0.5, 0.6) is 0 Å². The van der Waals surface area contributed by atoms with E-state index in [-0.39, 0.29) is 48.4 Å². The number of nitrogens with zero attached hydrogens (tertiary/aromatic N) is 3. The number of fused-ring (bicyclic) bond motifs is 2. The lowest BCUT2D eigenvalue weighted by atomic mass is 9.95. The van der Waals surface area contributed by atoms with Crippen molar-refractivity contribution in [2.24, 2.45) is 17.1 Å². The number of halogens is 1. The lowest BCUT2D eigenvalue weighted by Gasteiger charge is -2.27. The van der Waals surface area contributed by atoms with Crippen molar-refractivity contribution in [1.82, 2.24) is 14.7 Å². The van der Waals surface area contributed by atoms with Crippen molar-refractivity contribution in [3.05, 3.63) is 64.8 Å². The Bertz CT molecular complexity index is 1400. The zero-order valence-electron chi connectivity index (χ0n) is 19.6. The van der Waals surface area contributed by atoms with Gasteiger partial charge in [0.1, 0.15) is 6.54 Å². The fourth-order valence-electron chi connectivity index (χ4n) is 6.15. The molecule has 6 rings (SSSR count). The Labute approximate surface area is 213 Å². The number of carbonyl (C=O) groups excluding carboxylic acids is 3. The molecule has 2 aromatic carbocycles. The van der Waals surface area contributed by atoms with Crippen LogP contribution in [0.3, 0.4) is 0 Å². The molecule has 2 heterocycles. The number of nitrogens with two attached hydrogens (primary N) is 1. The van der Waals surface area contributed by atoms with Gasteiger partial charge in [0.05, 0.1) is 18.2 Å². The third-order valence-corrected chi connectivity index (χ3v) is 8.60. The minimum atomic E-state index is -0.661. The summed E-state index contributed by atoms with van der Waals surface area (Å²) in [4.78, 5) is 40.6. The molecule has 0 bridgehead atoms. The molecule has 3 N–H and O–H groups in total. The first-order chi connectivity index (χ1) is 17.3. The third-order valence-electron chi connectivity index (χ3n) is 8.26. The number of para-hydroxylation sites is 1. The first-order valence-corrected chi connectivity index (χ1v) is 12.7. The second-order valence-corrected chi connectivity index (χ2v) is 10.9. The maximum Gasteiger partial charge on any atom is 0.269 e. The monoisotopic (exact) mass is 506 g/mol. The van der Waals surface area contributed by atoms with Crippen LogP contribution in [0, 0.1) is 11.3 Å². The number of aliphatic hydroxyl groups excluding tert-OH is 1. The molecule has 8 nitrogen and oxygen atoms in total. The maximum atomic E-state index is 13.6. The molecule has 3 aromatic rings. The van der Waals surface area contributed by atoms with Crippen molar-refractivity contribution in [2.45, 2.75) is 50.2 Å². The van der Waals surface area contributed by atoms with E-state index in [0.717, 1.165) is 17.0 Å². The quantitative estimate of drug-likeness (QED) is 0.487. The SMILES string of the molecule is NC(=O)c1nn(CC(=O)N2[C@H](C(=O)C[C@@H]3C[C@H]3c3ccccc3Cl)C[C@@]3(CO)C[C@@H]23)c2ccccc12. The average molecular weight is 507 g/mol. The summed E-state index contributed by atoms with van der Waals surface area (Å²) in [5.74, 6) is -0.396. The molecule has 2 aliphatic carbocycles. The summed E-state index contributed by atoms with van der Waals surface area (Å²) in [6.45, 7) is -0.158. The van der Waals surface area contributed by atoms with E-state index in [1.165, 1.54) is 4.68 Å². The molecule has 0 spiro atoms. The number of likely N-dealkylation sites (tertiary alicyclic amines) is 1. The second kappa shape index (κ2) is 8.42. The summed E-state index contributed by atoms with van der Waals surface area (Å²) in [7, 11) is 0. The molecule has 1 saturated heterocycles. The molecule has 9 heteroatoms. The van der Waals surface area contributed by atoms with Gasteiger partial charge in [0.25, 0.3) is 5.91 Å². The summed E-state index contributed by atoms with van der Waals surface area (Å²) >= 11 is 6.35. The number of rotatable bonds is 8. The van der Waals surface area contributed by atoms with Gasteiger partial charge in [-0.25, -0.2) is 0 Å². The second-order valence-electron chi connectivity index (χ2n) is 10.4. The lowest BCUT2D eigenvalue weighted by Crippen LogP contribution is -2.44. The number of hydrogen-bond donors (Lipinski definition) is 2. The van der Waals surface area contributed by atoms with Crippen LogP contribution in [0.1, 0.15) is 47.7 Å². The number of amides is 2. The van der Waals surface area contributed by atoms with Gasteiger partial charge in [0, 0.05) is 28.3 Å². The fraction of sp³-hybridized carbons (Fsp3) is 0.407. The van der Waals surface area contributed by atoms with Crippen molar-refractivity contribution >= 4 is 40.1 Å². The summed E-state index contributed by atoms with van der Waals surface area (Å²) in [6, 6.07) is 14.1. The number of aromatic nitrogens is 2. The highest BCUT2D eigenvalue weighted by atomic mass is 35.5. The maximum absolute atomic E-state index is 13.6. The van der Waals surface area contributed by atoms with E-state index in [1.54, 1.807) is 29.2 Å². The van der Waals surface area contributed by atoms with Gasteiger partial charge in [0.2, 0.25) is 5.91 Å². The highest BCUT2D eigenvalue weighted by Crippen LogP contribution is 2.60. The highest BCUT2D eigenvalue weighted by Gasteiger charge is 2.66. The third kappa shape index (κ3) is 3.71. The largest absolute Gasteiger partial charge is 0.396 e. The number of aliphatic hydroxyl groups is 1. The number of ketones is 1. The topological polar surface area (TPSA) is 119 Å². The lowest BCUT2D eigenvalue weighted by molar-refractivity contribution is -0.139. The van der Waals surface area contributed by atoms with Crippen LogP contribution in [0.2, 0.25) is 5.02 Å². The molecule has 2 amide bonds. The van der Waals surface area contributed by atoms with Gasteiger partial charge in [-0.05, 0) is 48.8 Å². The van der Waals surface area contributed by atoms with Crippen LogP contribution in [0.25, 0.3) is 10.9 Å². The summed E-state index contributed by atoms with van der Waals surface area (Å²) in [6.07, 6.45) is 2.46. The number of primary amides is 1. The van der Waals surface area contributed by atoms with Crippen LogP contribution in [0.15, 0.2) is 48.5 Å². The van der Waals surface area contributed by atoms with E-state index in [9.17, 15) is 19.5 Å². The zero-order chi connectivity index (χ0) is 25.2. The van der Waals surface area contributed by atoms with Crippen molar-refractivity contribution in [2.75, 3.05) is 6.61 Å². The Morgan fingerprint density at radius 1 is 1.11 bits per heavy atom.